The quantitative estimate of drug-likeness (QED) is 0.0313. The van der Waals surface area contributed by atoms with Crippen LogP contribution in [0.5, 0.6) is 0 Å². The number of aromatic nitrogens is 12. The van der Waals surface area contributed by atoms with Crippen LogP contribution in [-0.2, 0) is 19.3 Å². The third kappa shape index (κ3) is 14.5. The van der Waals surface area contributed by atoms with E-state index >= 15 is 0 Å². The number of aromatic amines is 3. The summed E-state index contributed by atoms with van der Waals surface area (Å²) in [5, 5.41) is 19.5. The molecule has 0 aliphatic rings. The minimum absolute atomic E-state index is 0.573. The number of rotatable bonds is 21. The maximum Gasteiger partial charge on any atom is 0.227 e. The molecule has 0 radical (unpaired) electrons. The summed E-state index contributed by atoms with van der Waals surface area (Å²) in [4.78, 5) is 52.1. The molecule has 8 N–H and O–H groups in total. The van der Waals surface area contributed by atoms with Crippen molar-refractivity contribution in [3.63, 3.8) is 0 Å². The van der Waals surface area contributed by atoms with Crippen molar-refractivity contribution in [1.29, 1.82) is 0 Å². The fourth-order valence-electron chi connectivity index (χ4n) is 9.37. The van der Waals surface area contributed by atoms with Crippen LogP contribution in [0, 0.1) is 0 Å². The monoisotopic (exact) mass is 1090 g/mol. The fourth-order valence-corrected chi connectivity index (χ4v) is 9.37. The molecule has 414 valence electrons. The van der Waals surface area contributed by atoms with E-state index in [1.165, 1.54) is 16.7 Å². The molecule has 82 heavy (non-hydrogen) atoms. The van der Waals surface area contributed by atoms with Gasteiger partial charge in [0.25, 0.3) is 0 Å². The SMILES string of the molecule is CCN(CC)CCc1ccc(Nc2nccc(-c3c[nH]c4ncccc34)n2)cc1.CCNCCc1ccc(Nc2nccc(-c3c[nH]c4ncccc34)n2)cc1.CNCCc1ccc(Nc2nccc(-c3c[nH]c4ncccc34)n2)cc1. The van der Waals surface area contributed by atoms with Gasteiger partial charge in [-0.1, -0.05) is 57.2 Å². The standard InChI is InChI=1S/C23H26N6.C21H22N6.C20H20N6/c1-3-29(4-2)15-12-17-7-9-18(10-8-17)27-23-25-14-11-21(28-23)20-16-26-22-19(20)6-5-13-24-22;1-2-22-12-9-15-5-7-16(8-6-15)26-21-24-13-10-19(27-21)18-14-25-20-17(18)4-3-11-23-20;1-21-11-8-14-4-6-15(7-5-14)25-20-23-12-9-18(26-20)17-13-24-19-16(17)3-2-10-22-19/h5-11,13-14,16H,3-4,12,15H2,1-2H3,(H,24,26)(H,25,27,28);3-8,10-11,13-14,22H,2,9,12H2,1H3,(H,23,25)(H,24,26,27);2-7,9-10,12-13,21H,8,11H2,1H3,(H,22,24)(H,23,25,26). The molecule has 0 aliphatic carbocycles. The third-order valence-electron chi connectivity index (χ3n) is 13.9. The van der Waals surface area contributed by atoms with Crippen LogP contribution >= 0.6 is 0 Å². The van der Waals surface area contributed by atoms with Gasteiger partial charge in [-0.2, -0.15) is 0 Å². The molecule has 18 heteroatoms. The van der Waals surface area contributed by atoms with Crippen molar-refractivity contribution in [1.82, 2.24) is 75.3 Å². The Kier molecular flexibility index (Phi) is 18.9. The van der Waals surface area contributed by atoms with Crippen molar-refractivity contribution in [2.24, 2.45) is 0 Å². The van der Waals surface area contributed by atoms with Crippen molar-refractivity contribution in [3.05, 3.63) is 200 Å². The van der Waals surface area contributed by atoms with Crippen LogP contribution in [0.15, 0.2) is 183 Å². The normalized spacial score (nSPS) is 11.1. The summed E-state index contributed by atoms with van der Waals surface area (Å²) in [6.07, 6.45) is 19.5. The zero-order valence-electron chi connectivity index (χ0n) is 46.7. The topological polar surface area (TPSA) is 227 Å². The highest BCUT2D eigenvalue weighted by molar-refractivity contribution is 5.94. The lowest BCUT2D eigenvalue weighted by atomic mass is 10.1. The Morgan fingerprint density at radius 1 is 0.402 bits per heavy atom. The molecule has 0 saturated heterocycles. The Morgan fingerprint density at radius 2 is 0.768 bits per heavy atom. The Bertz CT molecular complexity index is 3900. The van der Waals surface area contributed by atoms with E-state index in [2.05, 4.69) is 185 Å². The van der Waals surface area contributed by atoms with Gasteiger partial charge in [0.1, 0.15) is 16.9 Å². The lowest BCUT2D eigenvalue weighted by molar-refractivity contribution is 0.308. The first-order valence-corrected chi connectivity index (χ1v) is 27.9. The smallest absolute Gasteiger partial charge is 0.227 e. The van der Waals surface area contributed by atoms with Crippen molar-refractivity contribution < 1.29 is 0 Å². The van der Waals surface area contributed by atoms with Gasteiger partial charge in [0.2, 0.25) is 17.8 Å². The Morgan fingerprint density at radius 3 is 1.12 bits per heavy atom. The molecule has 0 amide bonds. The van der Waals surface area contributed by atoms with E-state index in [1.807, 2.05) is 80.2 Å². The predicted molar refractivity (Wildman–Crippen MR) is 332 cm³/mol. The van der Waals surface area contributed by atoms with Gasteiger partial charge in [-0.05, 0) is 167 Å². The molecule has 0 bridgehead atoms. The number of anilines is 6. The molecule has 0 aliphatic heterocycles. The number of nitrogens with one attached hydrogen (secondary N) is 8. The van der Waals surface area contributed by atoms with Crippen LogP contribution in [0.1, 0.15) is 37.5 Å². The summed E-state index contributed by atoms with van der Waals surface area (Å²) in [6, 6.07) is 42.9. The Balaban J connectivity index is 0.000000138. The van der Waals surface area contributed by atoms with Crippen LogP contribution < -0.4 is 26.6 Å². The average molecular weight is 1090 g/mol. The van der Waals surface area contributed by atoms with E-state index in [1.54, 1.807) is 37.2 Å². The minimum atomic E-state index is 0.573. The lowest BCUT2D eigenvalue weighted by Gasteiger charge is -2.17. The molecule has 0 saturated carbocycles. The number of H-pyrrole nitrogens is 3. The number of likely N-dealkylation sites (N-methyl/N-ethyl adjacent to an activating group) is 3. The van der Waals surface area contributed by atoms with E-state index in [0.29, 0.717) is 17.8 Å². The van der Waals surface area contributed by atoms with Gasteiger partial charge in [0, 0.05) is 112 Å². The van der Waals surface area contributed by atoms with Gasteiger partial charge >= 0.3 is 0 Å². The number of nitrogens with zero attached hydrogens (tertiary/aromatic N) is 10. The van der Waals surface area contributed by atoms with Crippen LogP contribution in [0.4, 0.5) is 34.9 Å². The van der Waals surface area contributed by atoms with Crippen molar-refractivity contribution in [2.45, 2.75) is 40.0 Å². The molecule has 0 spiro atoms. The summed E-state index contributed by atoms with van der Waals surface area (Å²) in [7, 11) is 1.96. The molecule has 0 fully saturated rings. The highest BCUT2D eigenvalue weighted by Gasteiger charge is 2.13. The summed E-state index contributed by atoms with van der Waals surface area (Å²) in [6.45, 7) is 12.8. The van der Waals surface area contributed by atoms with Crippen molar-refractivity contribution >= 4 is 68.0 Å². The van der Waals surface area contributed by atoms with Gasteiger partial charge in [0.15, 0.2) is 0 Å². The zero-order valence-corrected chi connectivity index (χ0v) is 46.7. The molecular formula is C64H68N18. The summed E-state index contributed by atoms with van der Waals surface area (Å²) in [5.41, 5.74) is 15.0. The van der Waals surface area contributed by atoms with Crippen LogP contribution in [0.3, 0.4) is 0 Å². The van der Waals surface area contributed by atoms with E-state index < -0.39 is 0 Å². The van der Waals surface area contributed by atoms with Gasteiger partial charge in [-0.15, -0.1) is 0 Å². The maximum atomic E-state index is 4.69. The summed E-state index contributed by atoms with van der Waals surface area (Å²) in [5.74, 6) is 1.73. The number of benzene rings is 3. The molecular weight excluding hydrogens is 1020 g/mol. The summed E-state index contributed by atoms with van der Waals surface area (Å²) >= 11 is 0. The molecule has 18 nitrogen and oxygen atoms in total. The number of hydrogen-bond acceptors (Lipinski definition) is 15. The molecule has 0 atom stereocenters. The highest BCUT2D eigenvalue weighted by Crippen LogP contribution is 2.30. The van der Waals surface area contributed by atoms with E-state index in [9.17, 15) is 0 Å². The average Bonchev–Trinajstić information content (AvgIpc) is 4.42. The maximum absolute atomic E-state index is 4.69. The molecule has 3 aromatic carbocycles. The lowest BCUT2D eigenvalue weighted by Crippen LogP contribution is -2.25. The zero-order chi connectivity index (χ0) is 56.3. The van der Waals surface area contributed by atoms with Gasteiger partial charge in [0.05, 0.1) is 17.1 Å². The van der Waals surface area contributed by atoms with Crippen LogP contribution in [0.25, 0.3) is 66.9 Å². The minimum Gasteiger partial charge on any atom is -0.345 e. The van der Waals surface area contributed by atoms with E-state index in [-0.39, 0.29) is 0 Å². The first-order valence-electron chi connectivity index (χ1n) is 27.9. The van der Waals surface area contributed by atoms with Crippen molar-refractivity contribution in [3.8, 4) is 33.8 Å². The second-order valence-corrected chi connectivity index (χ2v) is 19.3. The first-order chi connectivity index (χ1) is 40.4. The second-order valence-electron chi connectivity index (χ2n) is 19.3. The number of pyridine rings is 3. The van der Waals surface area contributed by atoms with Gasteiger partial charge < -0.3 is 46.4 Å². The van der Waals surface area contributed by atoms with Gasteiger partial charge in [-0.3, -0.25) is 0 Å². The molecule has 9 heterocycles. The fraction of sp³-hybridized carbons (Fsp3) is 0.203. The van der Waals surface area contributed by atoms with Crippen LogP contribution in [-0.4, -0.2) is 111 Å². The molecule has 12 aromatic rings. The summed E-state index contributed by atoms with van der Waals surface area (Å²) < 4.78 is 0. The Labute approximate surface area is 477 Å². The van der Waals surface area contributed by atoms with Crippen molar-refractivity contribution in [2.75, 3.05) is 62.3 Å². The van der Waals surface area contributed by atoms with E-state index in [4.69, 9.17) is 0 Å². The largest absolute Gasteiger partial charge is 0.345 e. The predicted octanol–water partition coefficient (Wildman–Crippen LogP) is 12.1. The Hall–Kier alpha value is -9.75. The molecule has 12 rings (SSSR count). The van der Waals surface area contributed by atoms with Crippen LogP contribution in [0.2, 0.25) is 0 Å². The molecule has 9 aromatic heterocycles. The number of fused-ring (bicyclic) bond motifs is 3. The van der Waals surface area contributed by atoms with E-state index in [0.717, 1.165) is 142 Å². The second kappa shape index (κ2) is 27.9. The first kappa shape index (κ1) is 55.6. The van der Waals surface area contributed by atoms with Gasteiger partial charge in [-0.25, -0.2) is 44.9 Å². The molecule has 0 unspecified atom stereocenters. The highest BCUT2D eigenvalue weighted by atomic mass is 15.1. The third-order valence-corrected chi connectivity index (χ3v) is 13.9. The number of hydrogen-bond donors (Lipinski definition) is 8.